The maximum Gasteiger partial charge on any atom is 0.245 e. The first-order valence-electron chi connectivity index (χ1n) is 6.25. The monoisotopic (exact) mass is 271 g/mol. The molecule has 2 rings (SSSR count). The predicted molar refractivity (Wildman–Crippen MR) is 77.8 cm³/mol. The summed E-state index contributed by atoms with van der Waals surface area (Å²) in [5.74, 6) is 0.645. The Morgan fingerprint density at radius 1 is 1.35 bits per heavy atom. The number of aryl methyl sites for hydroxylation is 1. The largest absolute Gasteiger partial charge is 0.497 e. The molecule has 1 aromatic carbocycles. The third-order valence-electron chi connectivity index (χ3n) is 2.91. The van der Waals surface area contributed by atoms with Crippen LogP contribution in [-0.2, 0) is 18.3 Å². The number of methoxy groups -OCH3 is 1. The second-order valence-electron chi connectivity index (χ2n) is 4.35. The molecule has 0 spiro atoms. The molecule has 0 aliphatic carbocycles. The standard InChI is InChI=1S/C15H17N3O2/c1-18-9-3-4-13(18)10-15(19)17-16-11-12-5-7-14(20-2)8-6-12/h3-9,11H,10H2,1-2H3,(H,17,19)/b16-11-. The van der Waals surface area contributed by atoms with Crippen molar-refractivity contribution in [2.45, 2.75) is 6.42 Å². The first-order chi connectivity index (χ1) is 9.69. The Morgan fingerprint density at radius 3 is 2.70 bits per heavy atom. The number of hydrogen-bond acceptors (Lipinski definition) is 3. The van der Waals surface area contributed by atoms with Crippen LogP contribution in [0.15, 0.2) is 47.7 Å². The van der Waals surface area contributed by atoms with Crippen LogP contribution in [0.5, 0.6) is 5.75 Å². The van der Waals surface area contributed by atoms with Crippen molar-refractivity contribution < 1.29 is 9.53 Å². The van der Waals surface area contributed by atoms with E-state index in [1.54, 1.807) is 13.3 Å². The highest BCUT2D eigenvalue weighted by atomic mass is 16.5. The number of nitrogens with one attached hydrogen (secondary N) is 1. The van der Waals surface area contributed by atoms with Gasteiger partial charge in [-0.2, -0.15) is 5.10 Å². The van der Waals surface area contributed by atoms with Gasteiger partial charge >= 0.3 is 0 Å². The summed E-state index contributed by atoms with van der Waals surface area (Å²) < 4.78 is 6.97. The molecule has 0 atom stereocenters. The van der Waals surface area contributed by atoms with E-state index >= 15 is 0 Å². The summed E-state index contributed by atoms with van der Waals surface area (Å²) >= 11 is 0. The third kappa shape index (κ3) is 3.71. The van der Waals surface area contributed by atoms with Gasteiger partial charge < -0.3 is 9.30 Å². The second kappa shape index (κ2) is 6.56. The van der Waals surface area contributed by atoms with E-state index in [1.807, 2.05) is 54.2 Å². The van der Waals surface area contributed by atoms with Gasteiger partial charge in [0.15, 0.2) is 0 Å². The maximum atomic E-state index is 11.7. The summed E-state index contributed by atoms with van der Waals surface area (Å²) in [4.78, 5) is 11.7. The van der Waals surface area contributed by atoms with Crippen molar-refractivity contribution in [2.24, 2.45) is 12.1 Å². The van der Waals surface area contributed by atoms with Gasteiger partial charge in [-0.1, -0.05) is 0 Å². The number of carbonyl (C=O) groups is 1. The predicted octanol–water partition coefficient (Wildman–Crippen LogP) is 1.73. The highest BCUT2D eigenvalue weighted by Gasteiger charge is 2.04. The Hall–Kier alpha value is -2.56. The van der Waals surface area contributed by atoms with Crippen molar-refractivity contribution in [3.8, 4) is 5.75 Å². The third-order valence-corrected chi connectivity index (χ3v) is 2.91. The maximum absolute atomic E-state index is 11.7. The number of carbonyl (C=O) groups excluding carboxylic acids is 1. The van der Waals surface area contributed by atoms with Gasteiger partial charge in [-0.15, -0.1) is 0 Å². The Kier molecular flexibility index (Phi) is 4.55. The molecule has 0 saturated heterocycles. The van der Waals surface area contributed by atoms with Gasteiger partial charge in [-0.3, -0.25) is 4.79 Å². The van der Waals surface area contributed by atoms with Gasteiger partial charge in [0.25, 0.3) is 0 Å². The average Bonchev–Trinajstić information content (AvgIpc) is 2.85. The van der Waals surface area contributed by atoms with Crippen LogP contribution in [0.3, 0.4) is 0 Å². The van der Waals surface area contributed by atoms with E-state index in [-0.39, 0.29) is 5.91 Å². The van der Waals surface area contributed by atoms with E-state index in [4.69, 9.17) is 4.74 Å². The fourth-order valence-corrected chi connectivity index (χ4v) is 1.75. The summed E-state index contributed by atoms with van der Waals surface area (Å²) in [7, 11) is 3.52. The molecule has 1 N–H and O–H groups in total. The van der Waals surface area contributed by atoms with Crippen LogP contribution in [0, 0.1) is 0 Å². The zero-order valence-electron chi connectivity index (χ0n) is 11.5. The molecule has 1 aromatic heterocycles. The molecule has 1 heterocycles. The topological polar surface area (TPSA) is 55.6 Å². The minimum atomic E-state index is -0.142. The molecule has 0 fully saturated rings. The summed E-state index contributed by atoms with van der Waals surface area (Å²) in [6.45, 7) is 0. The van der Waals surface area contributed by atoms with Crippen molar-refractivity contribution in [3.63, 3.8) is 0 Å². The van der Waals surface area contributed by atoms with Crippen LogP contribution >= 0.6 is 0 Å². The first-order valence-corrected chi connectivity index (χ1v) is 6.25. The number of nitrogens with zero attached hydrogens (tertiary/aromatic N) is 2. The first kappa shape index (κ1) is 13.9. The molecule has 20 heavy (non-hydrogen) atoms. The molecule has 0 radical (unpaired) electrons. The molecule has 0 aliphatic rings. The lowest BCUT2D eigenvalue weighted by Gasteiger charge is -2.02. The zero-order valence-corrected chi connectivity index (χ0v) is 11.5. The van der Waals surface area contributed by atoms with E-state index in [9.17, 15) is 4.79 Å². The summed E-state index contributed by atoms with van der Waals surface area (Å²) in [5.41, 5.74) is 4.35. The summed E-state index contributed by atoms with van der Waals surface area (Å²) in [6, 6.07) is 11.2. The Labute approximate surface area is 117 Å². The molecular weight excluding hydrogens is 254 g/mol. The lowest BCUT2D eigenvalue weighted by molar-refractivity contribution is -0.120. The molecule has 0 bridgehead atoms. The average molecular weight is 271 g/mol. The highest BCUT2D eigenvalue weighted by Crippen LogP contribution is 2.09. The summed E-state index contributed by atoms with van der Waals surface area (Å²) in [6.07, 6.45) is 3.81. The van der Waals surface area contributed by atoms with Crippen molar-refractivity contribution in [1.82, 2.24) is 9.99 Å². The number of aromatic nitrogens is 1. The van der Waals surface area contributed by atoms with Crippen LogP contribution in [0.1, 0.15) is 11.3 Å². The molecule has 5 heteroatoms. The van der Waals surface area contributed by atoms with Gasteiger partial charge in [-0.05, 0) is 42.0 Å². The van der Waals surface area contributed by atoms with Crippen molar-refractivity contribution in [3.05, 3.63) is 53.9 Å². The number of hydrogen-bond donors (Lipinski definition) is 1. The smallest absolute Gasteiger partial charge is 0.245 e. The van der Waals surface area contributed by atoms with Crippen LogP contribution in [-0.4, -0.2) is 23.8 Å². The van der Waals surface area contributed by atoms with E-state index in [1.165, 1.54) is 0 Å². The quantitative estimate of drug-likeness (QED) is 0.665. The number of benzene rings is 1. The van der Waals surface area contributed by atoms with E-state index in [2.05, 4.69) is 10.5 Å². The molecule has 0 saturated carbocycles. The lowest BCUT2D eigenvalue weighted by Crippen LogP contribution is -2.20. The van der Waals surface area contributed by atoms with Crippen molar-refractivity contribution >= 4 is 12.1 Å². The van der Waals surface area contributed by atoms with Gasteiger partial charge in [0, 0.05) is 18.9 Å². The fourth-order valence-electron chi connectivity index (χ4n) is 1.75. The van der Waals surface area contributed by atoms with Crippen molar-refractivity contribution in [2.75, 3.05) is 7.11 Å². The molecule has 0 unspecified atom stereocenters. The second-order valence-corrected chi connectivity index (χ2v) is 4.35. The van der Waals surface area contributed by atoms with Gasteiger partial charge in [0.1, 0.15) is 5.75 Å². The minimum Gasteiger partial charge on any atom is -0.497 e. The molecule has 5 nitrogen and oxygen atoms in total. The molecular formula is C15H17N3O2. The molecule has 1 amide bonds. The van der Waals surface area contributed by atoms with Gasteiger partial charge in [0.2, 0.25) is 5.91 Å². The Morgan fingerprint density at radius 2 is 2.10 bits per heavy atom. The van der Waals surface area contributed by atoms with Crippen LogP contribution in [0.4, 0.5) is 0 Å². The SMILES string of the molecule is COc1ccc(/C=N\NC(=O)Cc2cccn2C)cc1. The van der Waals surface area contributed by atoms with Gasteiger partial charge in [0.05, 0.1) is 19.7 Å². The normalized spacial score (nSPS) is 10.7. The summed E-state index contributed by atoms with van der Waals surface area (Å²) in [5, 5.41) is 3.93. The van der Waals surface area contributed by atoms with Gasteiger partial charge in [-0.25, -0.2) is 5.43 Å². The van der Waals surface area contributed by atoms with Crippen LogP contribution in [0.25, 0.3) is 0 Å². The lowest BCUT2D eigenvalue weighted by atomic mass is 10.2. The van der Waals surface area contributed by atoms with Crippen LogP contribution < -0.4 is 10.2 Å². The Bertz CT molecular complexity index is 600. The highest BCUT2D eigenvalue weighted by molar-refractivity contribution is 5.83. The Balaban J connectivity index is 1.86. The van der Waals surface area contributed by atoms with E-state index in [0.29, 0.717) is 6.42 Å². The molecule has 2 aromatic rings. The number of hydrazone groups is 1. The number of amides is 1. The minimum absolute atomic E-state index is 0.142. The molecule has 104 valence electrons. The van der Waals surface area contributed by atoms with E-state index < -0.39 is 0 Å². The number of ether oxygens (including phenoxy) is 1. The fraction of sp³-hybridized carbons (Fsp3) is 0.200. The van der Waals surface area contributed by atoms with Crippen LogP contribution in [0.2, 0.25) is 0 Å². The van der Waals surface area contributed by atoms with E-state index in [0.717, 1.165) is 17.0 Å². The van der Waals surface area contributed by atoms with Crippen molar-refractivity contribution in [1.29, 1.82) is 0 Å². The number of rotatable bonds is 5. The molecule has 0 aliphatic heterocycles. The zero-order chi connectivity index (χ0) is 14.4.